The van der Waals surface area contributed by atoms with Crippen LogP contribution in [0.1, 0.15) is 26.3 Å². The summed E-state index contributed by atoms with van der Waals surface area (Å²) in [4.78, 5) is 28.0. The molecule has 41 heavy (non-hydrogen) atoms. The molecule has 2 amide bonds. The zero-order valence-electron chi connectivity index (χ0n) is 22.8. The Labute approximate surface area is 243 Å². The Bertz CT molecular complexity index is 1500. The van der Waals surface area contributed by atoms with E-state index in [9.17, 15) is 22.4 Å². The molecule has 0 radical (unpaired) electrons. The highest BCUT2D eigenvalue weighted by atomic mass is 35.5. The van der Waals surface area contributed by atoms with Crippen LogP contribution in [-0.4, -0.2) is 57.0 Å². The molecule has 0 bridgehead atoms. The molecule has 0 aliphatic carbocycles. The molecule has 9 nitrogen and oxygen atoms in total. The number of rotatable bonds is 10. The second-order valence-corrected chi connectivity index (χ2v) is 12.1. The van der Waals surface area contributed by atoms with Crippen LogP contribution < -0.4 is 19.1 Å². The normalized spacial score (nSPS) is 13.4. The van der Waals surface area contributed by atoms with E-state index < -0.39 is 40.2 Å². The summed E-state index contributed by atoms with van der Waals surface area (Å²) in [6, 6.07) is 14.6. The summed E-state index contributed by atoms with van der Waals surface area (Å²) in [6.07, 6.45) is 0. The van der Waals surface area contributed by atoms with Crippen LogP contribution in [0.25, 0.3) is 0 Å². The van der Waals surface area contributed by atoms with Crippen LogP contribution >= 0.6 is 11.6 Å². The van der Waals surface area contributed by atoms with Gasteiger partial charge in [0.15, 0.2) is 11.5 Å². The van der Waals surface area contributed by atoms with Gasteiger partial charge in [0.2, 0.25) is 11.8 Å². The average Bonchev–Trinajstić information content (AvgIpc) is 2.95. The fourth-order valence-electron chi connectivity index (χ4n) is 4.22. The molecule has 1 unspecified atom stereocenters. The fraction of sp³-hybridized carbons (Fsp3) is 0.310. The lowest BCUT2D eigenvalue weighted by molar-refractivity contribution is -0.139. The minimum atomic E-state index is -4.36. The van der Waals surface area contributed by atoms with Crippen LogP contribution in [0.4, 0.5) is 10.1 Å². The lowest BCUT2D eigenvalue weighted by atomic mass is 10.1. The highest BCUT2D eigenvalue weighted by Gasteiger charge is 2.33. The van der Waals surface area contributed by atoms with Crippen LogP contribution in [0.2, 0.25) is 5.02 Å². The highest BCUT2D eigenvalue weighted by molar-refractivity contribution is 7.92. The number of carbonyl (C=O) groups is 2. The van der Waals surface area contributed by atoms with E-state index >= 15 is 0 Å². The lowest BCUT2D eigenvalue weighted by Crippen LogP contribution is -2.52. The molecule has 1 heterocycles. The fourth-order valence-corrected chi connectivity index (χ4v) is 5.78. The largest absolute Gasteiger partial charge is 0.486 e. The van der Waals surface area contributed by atoms with Crippen molar-refractivity contribution in [3.05, 3.63) is 83.1 Å². The summed E-state index contributed by atoms with van der Waals surface area (Å²) in [5.74, 6) is -0.952. The predicted molar refractivity (Wildman–Crippen MR) is 153 cm³/mol. The topological polar surface area (TPSA) is 105 Å². The van der Waals surface area contributed by atoms with Gasteiger partial charge in [0.05, 0.1) is 10.6 Å². The van der Waals surface area contributed by atoms with Gasteiger partial charge in [-0.2, -0.15) is 0 Å². The standard InChI is InChI=1S/C29H31ClFN3O6S/c1-19(2)32-29(36)20(3)33(17-21-4-6-22(30)7-5-21)28(35)18-34(24-10-8-23(31)9-11-24)41(37,38)25-12-13-26-27(16-25)40-15-14-39-26/h4-13,16,19-20H,14-15,17-18H2,1-3H3,(H,32,36). The summed E-state index contributed by atoms with van der Waals surface area (Å²) < 4.78 is 53.7. The molecule has 1 aliphatic heterocycles. The van der Waals surface area contributed by atoms with Gasteiger partial charge in [0.1, 0.15) is 31.6 Å². The highest BCUT2D eigenvalue weighted by Crippen LogP contribution is 2.34. The molecule has 0 saturated heterocycles. The summed E-state index contributed by atoms with van der Waals surface area (Å²) in [5, 5.41) is 3.30. The van der Waals surface area contributed by atoms with E-state index in [1.807, 2.05) is 0 Å². The van der Waals surface area contributed by atoms with Gasteiger partial charge < -0.3 is 19.7 Å². The van der Waals surface area contributed by atoms with E-state index in [2.05, 4.69) is 5.32 Å². The summed E-state index contributed by atoms with van der Waals surface area (Å²) in [7, 11) is -4.36. The number of benzene rings is 3. The molecule has 0 fully saturated rings. The first-order valence-electron chi connectivity index (χ1n) is 13.0. The first-order chi connectivity index (χ1) is 19.5. The second kappa shape index (κ2) is 12.8. The van der Waals surface area contributed by atoms with Crippen LogP contribution in [0.3, 0.4) is 0 Å². The molecule has 1 N–H and O–H groups in total. The number of hydrogen-bond acceptors (Lipinski definition) is 6. The third-order valence-electron chi connectivity index (χ3n) is 6.36. The number of sulfonamides is 1. The Morgan fingerprint density at radius 2 is 1.59 bits per heavy atom. The van der Waals surface area contributed by atoms with Crippen molar-refractivity contribution in [2.45, 2.75) is 44.3 Å². The number of nitrogens with one attached hydrogen (secondary N) is 1. The Morgan fingerprint density at radius 3 is 2.22 bits per heavy atom. The minimum Gasteiger partial charge on any atom is -0.486 e. The smallest absolute Gasteiger partial charge is 0.264 e. The number of carbonyl (C=O) groups excluding carboxylic acids is 2. The molecule has 3 aromatic carbocycles. The SMILES string of the molecule is CC(C)NC(=O)C(C)N(Cc1ccc(Cl)cc1)C(=O)CN(c1ccc(F)cc1)S(=O)(=O)c1ccc2c(c1)OCCO2. The van der Waals surface area contributed by atoms with Crippen LogP contribution in [0.5, 0.6) is 11.5 Å². The van der Waals surface area contributed by atoms with Crippen LogP contribution in [0, 0.1) is 5.82 Å². The Hall–Kier alpha value is -3.83. The maximum Gasteiger partial charge on any atom is 0.264 e. The van der Waals surface area contributed by atoms with Crippen molar-refractivity contribution in [1.29, 1.82) is 0 Å². The minimum absolute atomic E-state index is 0.0179. The summed E-state index contributed by atoms with van der Waals surface area (Å²) >= 11 is 6.02. The van der Waals surface area contributed by atoms with E-state index in [1.54, 1.807) is 45.0 Å². The van der Waals surface area contributed by atoms with Gasteiger partial charge in [-0.15, -0.1) is 0 Å². The Morgan fingerprint density at radius 1 is 0.951 bits per heavy atom. The molecule has 1 aliphatic rings. The van der Waals surface area contributed by atoms with Crippen molar-refractivity contribution in [3.8, 4) is 11.5 Å². The van der Waals surface area contributed by atoms with Crippen molar-refractivity contribution in [2.75, 3.05) is 24.1 Å². The lowest BCUT2D eigenvalue weighted by Gasteiger charge is -2.32. The monoisotopic (exact) mass is 603 g/mol. The van der Waals surface area contributed by atoms with Gasteiger partial charge >= 0.3 is 0 Å². The second-order valence-electron chi connectivity index (χ2n) is 9.78. The van der Waals surface area contributed by atoms with E-state index in [1.165, 1.54) is 35.2 Å². The zero-order valence-corrected chi connectivity index (χ0v) is 24.4. The number of amides is 2. The number of anilines is 1. The van der Waals surface area contributed by atoms with Crippen molar-refractivity contribution in [1.82, 2.24) is 10.2 Å². The van der Waals surface area contributed by atoms with Gasteiger partial charge in [-0.1, -0.05) is 23.7 Å². The summed E-state index contributed by atoms with van der Waals surface area (Å²) in [5.41, 5.74) is 0.760. The Kier molecular flexibility index (Phi) is 9.39. The van der Waals surface area contributed by atoms with E-state index in [-0.39, 0.29) is 35.5 Å². The Balaban J connectivity index is 1.72. The van der Waals surface area contributed by atoms with Gasteiger partial charge in [0.25, 0.3) is 10.0 Å². The molecule has 1 atom stereocenters. The maximum atomic E-state index is 14.0. The van der Waals surface area contributed by atoms with Gasteiger partial charge in [0, 0.05) is 23.7 Å². The molecule has 218 valence electrons. The van der Waals surface area contributed by atoms with Crippen molar-refractivity contribution < 1.29 is 31.9 Å². The number of hydrogen-bond donors (Lipinski definition) is 1. The number of halogens is 2. The first kappa shape index (κ1) is 30.1. The molecular weight excluding hydrogens is 573 g/mol. The van der Waals surface area contributed by atoms with E-state index in [4.69, 9.17) is 21.1 Å². The first-order valence-corrected chi connectivity index (χ1v) is 14.8. The quantitative estimate of drug-likeness (QED) is 0.369. The average molecular weight is 604 g/mol. The molecule has 0 spiro atoms. The predicted octanol–water partition coefficient (Wildman–Crippen LogP) is 4.39. The van der Waals surface area contributed by atoms with Gasteiger partial charge in [-0.3, -0.25) is 13.9 Å². The van der Waals surface area contributed by atoms with Crippen LogP contribution in [-0.2, 0) is 26.2 Å². The van der Waals surface area contributed by atoms with E-state index in [0.29, 0.717) is 22.9 Å². The van der Waals surface area contributed by atoms with Crippen molar-refractivity contribution >= 4 is 39.1 Å². The number of ether oxygens (including phenoxy) is 2. The number of fused-ring (bicyclic) bond motifs is 1. The summed E-state index contributed by atoms with van der Waals surface area (Å²) in [6.45, 7) is 5.12. The molecule has 3 aromatic rings. The molecule has 4 rings (SSSR count). The molecule has 0 saturated carbocycles. The zero-order chi connectivity index (χ0) is 29.7. The van der Waals surface area contributed by atoms with Gasteiger partial charge in [-0.25, -0.2) is 12.8 Å². The maximum absolute atomic E-state index is 14.0. The molecular formula is C29H31ClFN3O6S. The van der Waals surface area contributed by atoms with E-state index in [0.717, 1.165) is 16.4 Å². The van der Waals surface area contributed by atoms with Crippen LogP contribution in [0.15, 0.2) is 71.6 Å². The third kappa shape index (κ3) is 7.28. The third-order valence-corrected chi connectivity index (χ3v) is 8.38. The molecule has 12 heteroatoms. The number of nitrogens with zero attached hydrogens (tertiary/aromatic N) is 2. The van der Waals surface area contributed by atoms with Crippen molar-refractivity contribution in [3.63, 3.8) is 0 Å². The molecule has 0 aromatic heterocycles. The van der Waals surface area contributed by atoms with Gasteiger partial charge in [-0.05, 0) is 74.9 Å². The van der Waals surface area contributed by atoms with Crippen molar-refractivity contribution in [2.24, 2.45) is 0 Å².